The number of amides is 1. The minimum atomic E-state index is 0.0918. The van der Waals surface area contributed by atoms with Gasteiger partial charge >= 0.3 is 0 Å². The molecular formula is C23H23N3O. The standard InChI is InChI=1S/C23H23N3O/c27-23(25(18-14-15-18)16-17-8-3-1-4-9-17)22-20-12-7-13-21(20)26(24-22)19-10-5-2-6-11-19/h1-6,8-11,18H,7,12-16H2. The van der Waals surface area contributed by atoms with Gasteiger partial charge in [-0.2, -0.15) is 5.10 Å². The first-order valence-electron chi connectivity index (χ1n) is 9.82. The van der Waals surface area contributed by atoms with Crippen LogP contribution in [0.4, 0.5) is 0 Å². The molecule has 1 aromatic heterocycles. The lowest BCUT2D eigenvalue weighted by Gasteiger charge is -2.22. The number of hydrogen-bond donors (Lipinski definition) is 0. The van der Waals surface area contributed by atoms with Crippen LogP contribution in [0.5, 0.6) is 0 Å². The van der Waals surface area contributed by atoms with E-state index in [2.05, 4.69) is 24.3 Å². The minimum absolute atomic E-state index is 0.0918. The van der Waals surface area contributed by atoms with E-state index in [0.29, 0.717) is 18.3 Å². The minimum Gasteiger partial charge on any atom is -0.330 e. The Morgan fingerprint density at radius 2 is 1.70 bits per heavy atom. The van der Waals surface area contributed by atoms with Crippen molar-refractivity contribution in [3.63, 3.8) is 0 Å². The molecule has 1 heterocycles. The summed E-state index contributed by atoms with van der Waals surface area (Å²) in [6, 6.07) is 20.8. The topological polar surface area (TPSA) is 38.1 Å². The van der Waals surface area contributed by atoms with Gasteiger partial charge in [0.2, 0.25) is 0 Å². The molecule has 1 saturated carbocycles. The van der Waals surface area contributed by atoms with Crippen LogP contribution in [0.1, 0.15) is 46.6 Å². The third-order valence-electron chi connectivity index (χ3n) is 5.58. The van der Waals surface area contributed by atoms with Crippen LogP contribution < -0.4 is 0 Å². The van der Waals surface area contributed by atoms with E-state index in [0.717, 1.165) is 43.4 Å². The summed E-state index contributed by atoms with van der Waals surface area (Å²) >= 11 is 0. The predicted octanol–water partition coefficient (Wildman–Crippen LogP) is 4.17. The van der Waals surface area contributed by atoms with Gasteiger partial charge in [0.1, 0.15) is 0 Å². The fourth-order valence-electron chi connectivity index (χ4n) is 4.06. The first kappa shape index (κ1) is 16.3. The van der Waals surface area contributed by atoms with Gasteiger partial charge in [-0.05, 0) is 49.8 Å². The summed E-state index contributed by atoms with van der Waals surface area (Å²) in [7, 11) is 0. The molecule has 3 aromatic rings. The fraction of sp³-hybridized carbons (Fsp3) is 0.304. The highest BCUT2D eigenvalue weighted by Gasteiger charge is 2.36. The Hall–Kier alpha value is -2.88. The van der Waals surface area contributed by atoms with Crippen LogP contribution in [-0.2, 0) is 19.4 Å². The monoisotopic (exact) mass is 357 g/mol. The van der Waals surface area contributed by atoms with Crippen molar-refractivity contribution < 1.29 is 4.79 Å². The Morgan fingerprint density at radius 1 is 1.00 bits per heavy atom. The molecule has 2 aliphatic carbocycles. The van der Waals surface area contributed by atoms with Gasteiger partial charge in [0.25, 0.3) is 5.91 Å². The molecule has 136 valence electrons. The number of fused-ring (bicyclic) bond motifs is 1. The Kier molecular flexibility index (Phi) is 4.04. The van der Waals surface area contributed by atoms with Gasteiger partial charge in [-0.25, -0.2) is 4.68 Å². The highest BCUT2D eigenvalue weighted by molar-refractivity contribution is 5.94. The summed E-state index contributed by atoms with van der Waals surface area (Å²) in [6.07, 6.45) is 5.24. The van der Waals surface area contributed by atoms with E-state index in [1.54, 1.807) is 0 Å². The summed E-state index contributed by atoms with van der Waals surface area (Å²) in [6.45, 7) is 0.664. The Balaban J connectivity index is 1.51. The van der Waals surface area contributed by atoms with Gasteiger partial charge in [0.05, 0.1) is 5.69 Å². The zero-order valence-corrected chi connectivity index (χ0v) is 15.3. The third kappa shape index (κ3) is 3.05. The predicted molar refractivity (Wildman–Crippen MR) is 105 cm³/mol. The highest BCUT2D eigenvalue weighted by atomic mass is 16.2. The quantitative estimate of drug-likeness (QED) is 0.687. The van der Waals surface area contributed by atoms with Crippen molar-refractivity contribution in [1.29, 1.82) is 0 Å². The van der Waals surface area contributed by atoms with Crippen LogP contribution in [0.15, 0.2) is 60.7 Å². The van der Waals surface area contributed by atoms with Crippen molar-refractivity contribution in [3.8, 4) is 5.69 Å². The van der Waals surface area contributed by atoms with Crippen LogP contribution in [-0.4, -0.2) is 26.6 Å². The van der Waals surface area contributed by atoms with Crippen molar-refractivity contribution >= 4 is 5.91 Å². The molecule has 0 atom stereocenters. The van der Waals surface area contributed by atoms with Crippen molar-refractivity contribution in [2.75, 3.05) is 0 Å². The van der Waals surface area contributed by atoms with Crippen LogP contribution in [0.3, 0.4) is 0 Å². The molecule has 0 N–H and O–H groups in total. The molecule has 0 spiro atoms. The molecule has 0 bridgehead atoms. The lowest BCUT2D eigenvalue weighted by Crippen LogP contribution is -2.33. The van der Waals surface area contributed by atoms with E-state index >= 15 is 0 Å². The molecule has 2 aromatic carbocycles. The molecule has 0 unspecified atom stereocenters. The maximum atomic E-state index is 13.5. The zero-order chi connectivity index (χ0) is 18.2. The van der Waals surface area contributed by atoms with Gasteiger partial charge in [-0.15, -0.1) is 0 Å². The van der Waals surface area contributed by atoms with Crippen LogP contribution in [0.2, 0.25) is 0 Å². The number of para-hydroxylation sites is 1. The summed E-state index contributed by atoms with van der Waals surface area (Å²) in [5, 5.41) is 4.80. The summed E-state index contributed by atoms with van der Waals surface area (Å²) in [5.41, 5.74) is 5.24. The van der Waals surface area contributed by atoms with Crippen molar-refractivity contribution in [1.82, 2.24) is 14.7 Å². The molecule has 0 aliphatic heterocycles. The van der Waals surface area contributed by atoms with Crippen LogP contribution >= 0.6 is 0 Å². The number of aromatic nitrogens is 2. The Bertz CT molecular complexity index is 958. The summed E-state index contributed by atoms with van der Waals surface area (Å²) in [4.78, 5) is 15.5. The van der Waals surface area contributed by atoms with Crippen LogP contribution in [0.25, 0.3) is 5.69 Å². The molecule has 27 heavy (non-hydrogen) atoms. The maximum Gasteiger partial charge on any atom is 0.275 e. The molecule has 1 amide bonds. The second kappa shape index (κ2) is 6.69. The SMILES string of the molecule is O=C(c1nn(-c2ccccc2)c2c1CCC2)N(Cc1ccccc1)C1CC1. The van der Waals surface area contributed by atoms with E-state index in [4.69, 9.17) is 5.10 Å². The molecule has 2 aliphatic rings. The normalized spacial score (nSPS) is 15.6. The Morgan fingerprint density at radius 3 is 2.41 bits per heavy atom. The number of carbonyl (C=O) groups is 1. The molecule has 5 rings (SSSR count). The van der Waals surface area contributed by atoms with E-state index in [1.807, 2.05) is 46.0 Å². The first-order chi connectivity index (χ1) is 13.3. The zero-order valence-electron chi connectivity index (χ0n) is 15.3. The van der Waals surface area contributed by atoms with E-state index < -0.39 is 0 Å². The Labute approximate surface area is 159 Å². The fourth-order valence-corrected chi connectivity index (χ4v) is 4.06. The van der Waals surface area contributed by atoms with Gasteiger partial charge in [-0.3, -0.25) is 4.79 Å². The van der Waals surface area contributed by atoms with Crippen molar-refractivity contribution in [2.24, 2.45) is 0 Å². The second-order valence-corrected chi connectivity index (χ2v) is 7.52. The molecule has 4 heteroatoms. The van der Waals surface area contributed by atoms with Crippen LogP contribution in [0, 0.1) is 0 Å². The van der Waals surface area contributed by atoms with E-state index in [-0.39, 0.29) is 5.91 Å². The molecule has 1 fully saturated rings. The van der Waals surface area contributed by atoms with Crippen molar-refractivity contribution in [2.45, 2.75) is 44.7 Å². The number of benzene rings is 2. The average Bonchev–Trinajstić information content (AvgIpc) is 3.33. The van der Waals surface area contributed by atoms with Gasteiger partial charge in [0, 0.05) is 23.8 Å². The maximum absolute atomic E-state index is 13.5. The molecule has 0 saturated heterocycles. The number of hydrogen-bond acceptors (Lipinski definition) is 2. The first-order valence-corrected chi connectivity index (χ1v) is 9.82. The lowest BCUT2D eigenvalue weighted by atomic mass is 10.1. The number of rotatable bonds is 5. The van der Waals surface area contributed by atoms with Gasteiger partial charge < -0.3 is 4.90 Å². The largest absolute Gasteiger partial charge is 0.330 e. The molecule has 0 radical (unpaired) electrons. The second-order valence-electron chi connectivity index (χ2n) is 7.52. The van der Waals surface area contributed by atoms with E-state index in [1.165, 1.54) is 11.3 Å². The smallest absolute Gasteiger partial charge is 0.275 e. The summed E-state index contributed by atoms with van der Waals surface area (Å²) < 4.78 is 1.99. The van der Waals surface area contributed by atoms with Crippen molar-refractivity contribution in [3.05, 3.63) is 83.2 Å². The van der Waals surface area contributed by atoms with E-state index in [9.17, 15) is 4.79 Å². The highest BCUT2D eigenvalue weighted by Crippen LogP contribution is 2.33. The van der Waals surface area contributed by atoms with Gasteiger partial charge in [0.15, 0.2) is 5.69 Å². The number of carbonyl (C=O) groups excluding carboxylic acids is 1. The average molecular weight is 357 g/mol. The number of nitrogens with zero attached hydrogens (tertiary/aromatic N) is 3. The lowest BCUT2D eigenvalue weighted by molar-refractivity contribution is 0.0722. The molecular weight excluding hydrogens is 334 g/mol. The summed E-state index contributed by atoms with van der Waals surface area (Å²) in [5.74, 6) is 0.0918. The third-order valence-corrected chi connectivity index (χ3v) is 5.58. The molecule has 4 nitrogen and oxygen atoms in total. The van der Waals surface area contributed by atoms with Gasteiger partial charge in [-0.1, -0.05) is 48.5 Å².